The molecule has 0 fully saturated rings. The molecule has 3 nitrogen and oxygen atoms in total. The second-order valence-corrected chi connectivity index (χ2v) is 25.4. The smallest absolute Gasteiger partial charge is 0.119 e. The number of rotatable bonds is 32. The Kier molecular flexibility index (Phi) is 25.3. The Morgan fingerprint density at radius 2 is 0.652 bits per heavy atom. The number of hydrogen-bond acceptors (Lipinski definition) is 3. The Hall–Kier alpha value is -2.94. The van der Waals surface area contributed by atoms with Crippen LogP contribution >= 0.6 is 0 Å². The highest BCUT2D eigenvalue weighted by atomic mass is 16.3. The first-order valence-electron chi connectivity index (χ1n) is 29.0. The van der Waals surface area contributed by atoms with Gasteiger partial charge < -0.3 is 15.3 Å². The zero-order valence-electron chi connectivity index (χ0n) is 48.1. The zero-order valence-corrected chi connectivity index (χ0v) is 48.1. The summed E-state index contributed by atoms with van der Waals surface area (Å²) in [6.07, 6.45) is 35.1. The second kappa shape index (κ2) is 28.9. The molecule has 69 heavy (non-hydrogen) atoms. The molecule has 0 radical (unpaired) electrons. The Morgan fingerprint density at radius 1 is 0.362 bits per heavy atom. The highest BCUT2D eigenvalue weighted by molar-refractivity contribution is 5.57. The van der Waals surface area contributed by atoms with Crippen molar-refractivity contribution in [3.8, 4) is 17.2 Å². The van der Waals surface area contributed by atoms with Crippen LogP contribution in [0.1, 0.15) is 312 Å². The van der Waals surface area contributed by atoms with Crippen molar-refractivity contribution in [1.29, 1.82) is 0 Å². The van der Waals surface area contributed by atoms with Crippen LogP contribution in [-0.2, 0) is 21.7 Å². The normalized spacial score (nSPS) is 13.6. The fourth-order valence-corrected chi connectivity index (χ4v) is 12.1. The molecule has 3 heteroatoms. The number of hydrogen-bond donors (Lipinski definition) is 3. The monoisotopic (exact) mass is 951 g/mol. The van der Waals surface area contributed by atoms with Crippen LogP contribution in [0.25, 0.3) is 0 Å². The van der Waals surface area contributed by atoms with E-state index >= 15 is 0 Å². The fraction of sp³-hybridized carbons (Fsp3) is 0.727. The standard InChI is InChI=1S/C66H110O3/c1-16-18-20-22-24-26-28-29-30-31-33-35-37-39-41-54(52(6)53-46-57(63(7,8)9)60(67)43-49(53)3)66(42-40-38-36-34-32-27-25-23-21-19-17-2,55-47-58(64(10,11)12)61(68)44-50(55)4)56-48-59(65(13,14)15)62(69)45-51(56)5/h43-48,52,54,67-69H,16-42H2,1-15H3. The van der Waals surface area contributed by atoms with Gasteiger partial charge in [0.05, 0.1) is 0 Å². The van der Waals surface area contributed by atoms with E-state index in [0.717, 1.165) is 59.1 Å². The van der Waals surface area contributed by atoms with Crippen molar-refractivity contribution >= 4 is 0 Å². The van der Waals surface area contributed by atoms with Gasteiger partial charge in [0, 0.05) is 5.41 Å². The van der Waals surface area contributed by atoms with E-state index in [2.05, 4.69) is 134 Å². The number of benzene rings is 3. The van der Waals surface area contributed by atoms with Crippen molar-refractivity contribution < 1.29 is 15.3 Å². The van der Waals surface area contributed by atoms with Crippen molar-refractivity contribution in [3.63, 3.8) is 0 Å². The van der Waals surface area contributed by atoms with Crippen LogP contribution in [-0.4, -0.2) is 15.3 Å². The van der Waals surface area contributed by atoms with Gasteiger partial charge in [-0.1, -0.05) is 262 Å². The molecule has 0 heterocycles. The minimum absolute atomic E-state index is 0.152. The summed E-state index contributed by atoms with van der Waals surface area (Å²) < 4.78 is 0. The number of phenolic OH excluding ortho intramolecular Hbond substituents is 3. The molecule has 0 spiro atoms. The van der Waals surface area contributed by atoms with Crippen molar-refractivity contribution in [1.82, 2.24) is 0 Å². The molecule has 0 bridgehead atoms. The maximum absolute atomic E-state index is 11.8. The third-order valence-electron chi connectivity index (χ3n) is 16.2. The largest absolute Gasteiger partial charge is 0.508 e. The molecule has 3 aromatic rings. The maximum Gasteiger partial charge on any atom is 0.119 e. The van der Waals surface area contributed by atoms with Crippen molar-refractivity contribution in [2.24, 2.45) is 5.92 Å². The molecule has 3 rings (SSSR count). The molecule has 0 aliphatic rings. The molecule has 3 aromatic carbocycles. The lowest BCUT2D eigenvalue weighted by molar-refractivity contribution is 0.229. The summed E-state index contributed by atoms with van der Waals surface area (Å²) in [5.41, 5.74) is 9.26. The van der Waals surface area contributed by atoms with Gasteiger partial charge in [0.25, 0.3) is 0 Å². The van der Waals surface area contributed by atoms with Gasteiger partial charge in [0.2, 0.25) is 0 Å². The van der Waals surface area contributed by atoms with E-state index in [0.29, 0.717) is 17.2 Å². The van der Waals surface area contributed by atoms with E-state index in [-0.39, 0.29) is 28.1 Å². The van der Waals surface area contributed by atoms with Gasteiger partial charge in [0.15, 0.2) is 0 Å². The summed E-state index contributed by atoms with van der Waals surface area (Å²) in [6.45, 7) is 33.9. The third-order valence-corrected chi connectivity index (χ3v) is 16.2. The van der Waals surface area contributed by atoms with Gasteiger partial charge in [-0.3, -0.25) is 0 Å². The fourth-order valence-electron chi connectivity index (χ4n) is 12.1. The summed E-state index contributed by atoms with van der Waals surface area (Å²) in [7, 11) is 0. The Balaban J connectivity index is 2.24. The van der Waals surface area contributed by atoms with Gasteiger partial charge in [-0.25, -0.2) is 0 Å². The van der Waals surface area contributed by atoms with Crippen LogP contribution in [0.2, 0.25) is 0 Å². The van der Waals surface area contributed by atoms with E-state index in [1.165, 1.54) is 164 Å². The average molecular weight is 952 g/mol. The molecule has 2 atom stereocenters. The topological polar surface area (TPSA) is 60.7 Å². The van der Waals surface area contributed by atoms with Crippen LogP contribution in [0.4, 0.5) is 0 Å². The van der Waals surface area contributed by atoms with E-state index in [4.69, 9.17) is 0 Å². The van der Waals surface area contributed by atoms with Crippen molar-refractivity contribution in [3.05, 3.63) is 86.5 Å². The Morgan fingerprint density at radius 3 is 0.986 bits per heavy atom. The first-order valence-corrected chi connectivity index (χ1v) is 29.0. The summed E-state index contributed by atoms with van der Waals surface area (Å²) in [6, 6.07) is 13.4. The van der Waals surface area contributed by atoms with Gasteiger partial charge in [-0.2, -0.15) is 0 Å². The van der Waals surface area contributed by atoms with Gasteiger partial charge >= 0.3 is 0 Å². The second-order valence-electron chi connectivity index (χ2n) is 25.4. The summed E-state index contributed by atoms with van der Waals surface area (Å²) in [5, 5.41) is 35.1. The van der Waals surface area contributed by atoms with E-state index in [1.54, 1.807) is 0 Å². The zero-order chi connectivity index (χ0) is 51.4. The molecular weight excluding hydrogens is 841 g/mol. The average Bonchev–Trinajstić information content (AvgIpc) is 3.25. The summed E-state index contributed by atoms with van der Waals surface area (Å²) in [5.74, 6) is 1.50. The van der Waals surface area contributed by atoms with Crippen molar-refractivity contribution in [2.75, 3.05) is 0 Å². The van der Waals surface area contributed by atoms with E-state index in [9.17, 15) is 15.3 Å². The van der Waals surface area contributed by atoms with Crippen LogP contribution < -0.4 is 0 Å². The minimum atomic E-state index is -0.434. The lowest BCUT2D eigenvalue weighted by atomic mass is 9.55. The molecule has 0 saturated heterocycles. The predicted octanol–water partition coefficient (Wildman–Crippen LogP) is 20.9. The Bertz CT molecular complexity index is 1860. The van der Waals surface area contributed by atoms with E-state index < -0.39 is 5.41 Å². The molecule has 392 valence electrons. The lowest BCUT2D eigenvalue weighted by Crippen LogP contribution is -2.42. The number of unbranched alkanes of at least 4 members (excludes halogenated alkanes) is 23. The molecule has 0 aliphatic carbocycles. The highest BCUT2D eigenvalue weighted by Gasteiger charge is 2.47. The molecule has 3 N–H and O–H groups in total. The minimum Gasteiger partial charge on any atom is -0.508 e. The predicted molar refractivity (Wildman–Crippen MR) is 303 cm³/mol. The number of phenols is 3. The molecule has 0 amide bonds. The van der Waals surface area contributed by atoms with Crippen molar-refractivity contribution in [2.45, 2.75) is 305 Å². The van der Waals surface area contributed by atoms with Gasteiger partial charge in [-0.15, -0.1) is 0 Å². The van der Waals surface area contributed by atoms with Gasteiger partial charge in [-0.05, 0) is 130 Å². The first-order chi connectivity index (χ1) is 32.5. The van der Waals surface area contributed by atoms with Gasteiger partial charge in [0.1, 0.15) is 17.2 Å². The molecule has 2 unspecified atom stereocenters. The van der Waals surface area contributed by atoms with Crippen LogP contribution in [0.3, 0.4) is 0 Å². The SMILES string of the molecule is CCCCCCCCCCCCCCCCC(C(C)c1cc(C(C)(C)C)c(O)cc1C)C(CCCCCCCCCCCCC)(c1cc(C(C)(C)C)c(O)cc1C)c1cc(C(C)(C)C)c(O)cc1C. The third kappa shape index (κ3) is 18.3. The number of aryl methyl sites for hydroxylation is 3. The van der Waals surface area contributed by atoms with Crippen LogP contribution in [0, 0.1) is 26.7 Å². The quantitative estimate of drug-likeness (QED) is 0.0547. The highest BCUT2D eigenvalue weighted by Crippen LogP contribution is 2.56. The summed E-state index contributed by atoms with van der Waals surface area (Å²) >= 11 is 0. The van der Waals surface area contributed by atoms with Crippen LogP contribution in [0.15, 0.2) is 36.4 Å². The molecule has 0 aliphatic heterocycles. The maximum atomic E-state index is 11.8. The Labute approximate surface area is 427 Å². The number of aromatic hydroxyl groups is 3. The molecule has 0 aromatic heterocycles. The van der Waals surface area contributed by atoms with Crippen LogP contribution in [0.5, 0.6) is 17.2 Å². The molecular formula is C66H110O3. The molecule has 0 saturated carbocycles. The first kappa shape index (κ1) is 60.4. The lowest BCUT2D eigenvalue weighted by Gasteiger charge is -2.48. The van der Waals surface area contributed by atoms with E-state index in [1.807, 2.05) is 6.07 Å². The summed E-state index contributed by atoms with van der Waals surface area (Å²) in [4.78, 5) is 0.